The first-order valence-corrected chi connectivity index (χ1v) is 9.39. The zero-order chi connectivity index (χ0) is 18.8. The number of nitrogens with zero attached hydrogens (tertiary/aromatic N) is 3. The van der Waals surface area contributed by atoms with Gasteiger partial charge in [-0.05, 0) is 43.5 Å². The van der Waals surface area contributed by atoms with Crippen molar-refractivity contribution in [2.75, 3.05) is 23.4 Å². The molecular weight excluding hydrogens is 340 g/mol. The first-order chi connectivity index (χ1) is 13.2. The maximum absolute atomic E-state index is 13.3. The van der Waals surface area contributed by atoms with Gasteiger partial charge in [-0.3, -0.25) is 4.79 Å². The van der Waals surface area contributed by atoms with E-state index in [1.165, 1.54) is 5.56 Å². The molecule has 2 aromatic carbocycles. The number of hydrogen-bond acceptors (Lipinski definition) is 4. The van der Waals surface area contributed by atoms with Crippen molar-refractivity contribution in [2.24, 2.45) is 0 Å². The summed E-state index contributed by atoms with van der Waals surface area (Å²) < 4.78 is 1.90. The second-order valence-electron chi connectivity index (χ2n) is 6.94. The van der Waals surface area contributed by atoms with Gasteiger partial charge in [-0.25, -0.2) is 4.98 Å². The summed E-state index contributed by atoms with van der Waals surface area (Å²) in [5.74, 6) is 0.654. The molecule has 0 unspecified atom stereocenters. The van der Waals surface area contributed by atoms with Gasteiger partial charge < -0.3 is 19.9 Å². The minimum atomic E-state index is 0.00763. The Hall–Kier alpha value is -2.86. The van der Waals surface area contributed by atoms with Crippen LogP contribution in [-0.4, -0.2) is 39.8 Å². The molecule has 27 heavy (non-hydrogen) atoms. The van der Waals surface area contributed by atoms with Gasteiger partial charge in [0.15, 0.2) is 0 Å². The van der Waals surface area contributed by atoms with Crippen LogP contribution < -0.4 is 10.2 Å². The Kier molecular flexibility index (Phi) is 4.81. The molecule has 6 nitrogen and oxygen atoms in total. The highest BCUT2D eigenvalue weighted by atomic mass is 16.3. The van der Waals surface area contributed by atoms with E-state index in [0.29, 0.717) is 12.5 Å². The number of aryl methyl sites for hydroxylation is 1. The van der Waals surface area contributed by atoms with Crippen LogP contribution in [0.5, 0.6) is 0 Å². The second kappa shape index (κ2) is 7.40. The fraction of sp³-hybridized carbons (Fsp3) is 0.333. The zero-order valence-electron chi connectivity index (χ0n) is 15.4. The van der Waals surface area contributed by atoms with Gasteiger partial charge in [0.25, 0.3) is 0 Å². The number of fused-ring (bicyclic) bond motifs is 2. The fourth-order valence-corrected chi connectivity index (χ4v) is 3.82. The number of nitrogens with one attached hydrogen (secondary N) is 1. The third kappa shape index (κ3) is 3.28. The molecule has 140 valence electrons. The van der Waals surface area contributed by atoms with Crippen LogP contribution in [0.4, 0.5) is 11.6 Å². The van der Waals surface area contributed by atoms with E-state index >= 15 is 0 Å². The molecule has 1 atom stereocenters. The lowest BCUT2D eigenvalue weighted by Gasteiger charge is -2.35. The highest BCUT2D eigenvalue weighted by molar-refractivity contribution is 5.96. The normalized spacial score (nSPS) is 16.4. The van der Waals surface area contributed by atoms with Crippen molar-refractivity contribution in [3.63, 3.8) is 0 Å². The Morgan fingerprint density at radius 3 is 2.85 bits per heavy atom. The van der Waals surface area contributed by atoms with Gasteiger partial charge in [0.1, 0.15) is 6.54 Å². The molecule has 0 aliphatic carbocycles. The van der Waals surface area contributed by atoms with E-state index < -0.39 is 0 Å². The first-order valence-electron chi connectivity index (χ1n) is 9.39. The lowest BCUT2D eigenvalue weighted by atomic mass is 9.96. The summed E-state index contributed by atoms with van der Waals surface area (Å²) >= 11 is 0. The highest BCUT2D eigenvalue weighted by Crippen LogP contribution is 2.31. The van der Waals surface area contributed by atoms with Crippen molar-refractivity contribution in [1.29, 1.82) is 0 Å². The average Bonchev–Trinajstić information content (AvgIpc) is 3.03. The summed E-state index contributed by atoms with van der Waals surface area (Å²) in [6.45, 7) is 2.70. The predicted octanol–water partition coefficient (Wildman–Crippen LogP) is 2.81. The molecule has 2 N–H and O–H groups in total. The molecule has 0 radical (unpaired) electrons. The number of carbonyl (C=O) groups excluding carboxylic acids is 1. The van der Waals surface area contributed by atoms with Crippen molar-refractivity contribution in [2.45, 2.75) is 32.4 Å². The van der Waals surface area contributed by atoms with E-state index in [4.69, 9.17) is 5.11 Å². The molecule has 2 heterocycles. The Bertz CT molecular complexity index is 966. The van der Waals surface area contributed by atoms with Gasteiger partial charge in [0.05, 0.1) is 17.6 Å². The van der Waals surface area contributed by atoms with Crippen LogP contribution in [0.25, 0.3) is 11.0 Å². The SMILES string of the molecule is C[C@@H]1CCc2ccccc2N1C(=O)Cn1c(NCCO)nc2ccccc21. The molecule has 0 fully saturated rings. The van der Waals surface area contributed by atoms with Gasteiger partial charge in [0, 0.05) is 18.3 Å². The molecule has 0 saturated heterocycles. The van der Waals surface area contributed by atoms with Crippen molar-refractivity contribution >= 4 is 28.6 Å². The van der Waals surface area contributed by atoms with Crippen molar-refractivity contribution in [3.05, 3.63) is 54.1 Å². The number of aliphatic hydroxyl groups is 1. The highest BCUT2D eigenvalue weighted by Gasteiger charge is 2.28. The molecular formula is C21H24N4O2. The Morgan fingerprint density at radius 1 is 1.22 bits per heavy atom. The molecule has 0 spiro atoms. The van der Waals surface area contributed by atoms with Crippen molar-refractivity contribution in [1.82, 2.24) is 9.55 Å². The molecule has 1 aliphatic heterocycles. The molecule has 0 saturated carbocycles. The van der Waals surface area contributed by atoms with E-state index in [1.807, 2.05) is 51.9 Å². The summed E-state index contributed by atoms with van der Waals surface area (Å²) in [6, 6.07) is 16.1. The summed E-state index contributed by atoms with van der Waals surface area (Å²) in [6.07, 6.45) is 1.96. The number of para-hydroxylation sites is 3. The fourth-order valence-electron chi connectivity index (χ4n) is 3.82. The van der Waals surface area contributed by atoms with E-state index in [1.54, 1.807) is 0 Å². The number of carbonyl (C=O) groups is 1. The minimum Gasteiger partial charge on any atom is -0.395 e. The number of anilines is 2. The number of imidazole rings is 1. The maximum atomic E-state index is 13.3. The molecule has 1 aromatic heterocycles. The van der Waals surface area contributed by atoms with Crippen molar-refractivity contribution < 1.29 is 9.90 Å². The van der Waals surface area contributed by atoms with Gasteiger partial charge in [-0.2, -0.15) is 0 Å². The first kappa shape index (κ1) is 17.5. The van der Waals surface area contributed by atoms with Crippen LogP contribution in [0.2, 0.25) is 0 Å². The largest absolute Gasteiger partial charge is 0.395 e. The maximum Gasteiger partial charge on any atom is 0.247 e. The van der Waals surface area contributed by atoms with E-state index in [0.717, 1.165) is 29.6 Å². The molecule has 1 aliphatic rings. The van der Waals surface area contributed by atoms with Crippen molar-refractivity contribution in [3.8, 4) is 0 Å². The smallest absolute Gasteiger partial charge is 0.247 e. The number of rotatable bonds is 5. The molecule has 3 aromatic rings. The lowest BCUT2D eigenvalue weighted by molar-refractivity contribution is -0.119. The van der Waals surface area contributed by atoms with Crippen LogP contribution in [0.3, 0.4) is 0 Å². The number of amides is 1. The van der Waals surface area contributed by atoms with Gasteiger partial charge >= 0.3 is 0 Å². The summed E-state index contributed by atoms with van der Waals surface area (Å²) in [4.78, 5) is 19.8. The summed E-state index contributed by atoms with van der Waals surface area (Å²) in [5.41, 5.74) is 3.97. The number of aromatic nitrogens is 2. The lowest BCUT2D eigenvalue weighted by Crippen LogP contribution is -2.43. The zero-order valence-corrected chi connectivity index (χ0v) is 15.4. The Balaban J connectivity index is 1.69. The topological polar surface area (TPSA) is 70.4 Å². The molecule has 6 heteroatoms. The minimum absolute atomic E-state index is 0.00763. The number of aliphatic hydroxyl groups excluding tert-OH is 1. The predicted molar refractivity (Wildman–Crippen MR) is 107 cm³/mol. The number of hydrogen-bond donors (Lipinski definition) is 2. The van der Waals surface area contributed by atoms with Gasteiger partial charge in [0.2, 0.25) is 11.9 Å². The van der Waals surface area contributed by atoms with Gasteiger partial charge in [-0.15, -0.1) is 0 Å². The quantitative estimate of drug-likeness (QED) is 0.730. The van der Waals surface area contributed by atoms with Crippen LogP contribution in [0.1, 0.15) is 18.9 Å². The molecule has 1 amide bonds. The average molecular weight is 364 g/mol. The van der Waals surface area contributed by atoms with E-state index in [-0.39, 0.29) is 25.1 Å². The standard InChI is InChI=1S/C21H24N4O2/c1-15-10-11-16-6-2-4-8-18(16)25(15)20(27)14-24-19-9-5-3-7-17(19)23-21(24)22-12-13-26/h2-9,15,26H,10-14H2,1H3,(H,22,23)/t15-/m1/s1. The van der Waals surface area contributed by atoms with Crippen LogP contribution in [0, 0.1) is 0 Å². The van der Waals surface area contributed by atoms with E-state index in [2.05, 4.69) is 23.3 Å². The second-order valence-corrected chi connectivity index (χ2v) is 6.94. The summed E-state index contributed by atoms with van der Waals surface area (Å²) in [5, 5.41) is 12.3. The van der Waals surface area contributed by atoms with Crippen LogP contribution in [0.15, 0.2) is 48.5 Å². The summed E-state index contributed by atoms with van der Waals surface area (Å²) in [7, 11) is 0. The van der Waals surface area contributed by atoms with Crippen LogP contribution in [-0.2, 0) is 17.8 Å². The Labute approximate surface area is 158 Å². The van der Waals surface area contributed by atoms with Crippen LogP contribution >= 0.6 is 0 Å². The monoisotopic (exact) mass is 364 g/mol. The van der Waals surface area contributed by atoms with E-state index in [9.17, 15) is 4.79 Å². The Morgan fingerprint density at radius 2 is 2.00 bits per heavy atom. The van der Waals surface area contributed by atoms with Gasteiger partial charge in [-0.1, -0.05) is 30.3 Å². The third-order valence-electron chi connectivity index (χ3n) is 5.13. The molecule has 4 rings (SSSR count). The third-order valence-corrected chi connectivity index (χ3v) is 5.13. The molecule has 0 bridgehead atoms. The number of benzene rings is 2.